The third-order valence-electron chi connectivity index (χ3n) is 5.12. The molecule has 5 rings (SSSR count). The van der Waals surface area contributed by atoms with Crippen molar-refractivity contribution in [3.8, 4) is 22.8 Å². The normalized spacial score (nSPS) is 14.3. The minimum atomic E-state index is -1.20. The van der Waals surface area contributed by atoms with Gasteiger partial charge in [0.1, 0.15) is 11.9 Å². The topological polar surface area (TPSA) is 132 Å². The first kappa shape index (κ1) is 20.1. The lowest BCUT2D eigenvalue weighted by molar-refractivity contribution is 0.185. The van der Waals surface area contributed by atoms with Crippen LogP contribution in [0.1, 0.15) is 36.6 Å². The lowest BCUT2D eigenvalue weighted by Crippen LogP contribution is -2.29. The molecule has 1 aliphatic carbocycles. The zero-order valence-corrected chi connectivity index (χ0v) is 17.5. The Morgan fingerprint density at radius 3 is 2.75 bits per heavy atom. The number of pyridine rings is 1. The molecule has 3 heterocycles. The van der Waals surface area contributed by atoms with Gasteiger partial charge in [0, 0.05) is 41.0 Å². The Balaban J connectivity index is 1.47. The largest absolute Gasteiger partial charge is 0.465 e. The van der Waals surface area contributed by atoms with Crippen LogP contribution in [-0.2, 0) is 6.42 Å². The molecule has 0 unspecified atom stereocenters. The molecule has 162 valence electrons. The van der Waals surface area contributed by atoms with Crippen LogP contribution in [0.25, 0.3) is 22.8 Å². The molecular formula is C21H18ClN7O3. The third-order valence-corrected chi connectivity index (χ3v) is 5.36. The summed E-state index contributed by atoms with van der Waals surface area (Å²) in [7, 11) is 0. The van der Waals surface area contributed by atoms with Crippen LogP contribution in [0.15, 0.2) is 53.3 Å². The van der Waals surface area contributed by atoms with E-state index >= 15 is 0 Å². The molecule has 1 aliphatic rings. The first-order valence-corrected chi connectivity index (χ1v) is 10.4. The fourth-order valence-electron chi connectivity index (χ4n) is 3.53. The maximum absolute atomic E-state index is 11.5. The molecular weight excluding hydrogens is 434 g/mol. The molecule has 0 spiro atoms. The molecule has 10 nitrogen and oxygen atoms in total. The van der Waals surface area contributed by atoms with Gasteiger partial charge >= 0.3 is 6.09 Å². The number of benzene rings is 1. The number of amides is 1. The highest BCUT2D eigenvalue weighted by atomic mass is 35.5. The summed E-state index contributed by atoms with van der Waals surface area (Å²) in [6.07, 6.45) is 4.43. The molecule has 3 aromatic heterocycles. The molecule has 1 aromatic carbocycles. The summed E-state index contributed by atoms with van der Waals surface area (Å²) in [6, 6.07) is 10.2. The zero-order valence-electron chi connectivity index (χ0n) is 16.7. The molecule has 2 N–H and O–H groups in total. The van der Waals surface area contributed by atoms with Gasteiger partial charge in [-0.25, -0.2) is 4.79 Å². The molecule has 1 fully saturated rings. The number of hydrogen-bond donors (Lipinski definition) is 2. The van der Waals surface area contributed by atoms with Crippen LogP contribution < -0.4 is 5.32 Å². The fourth-order valence-corrected chi connectivity index (χ4v) is 3.72. The van der Waals surface area contributed by atoms with E-state index in [1.54, 1.807) is 36.7 Å². The molecule has 0 saturated heterocycles. The van der Waals surface area contributed by atoms with E-state index in [-0.39, 0.29) is 18.4 Å². The van der Waals surface area contributed by atoms with Crippen LogP contribution in [0.3, 0.4) is 0 Å². The molecule has 1 amide bonds. The summed E-state index contributed by atoms with van der Waals surface area (Å²) in [4.78, 5) is 19.9. The minimum absolute atomic E-state index is 0.137. The third kappa shape index (κ3) is 4.17. The average molecular weight is 452 g/mol. The van der Waals surface area contributed by atoms with E-state index in [0.717, 1.165) is 24.2 Å². The number of halogens is 1. The highest BCUT2D eigenvalue weighted by Gasteiger charge is 2.32. The SMILES string of the molecule is O=C(O)N[C@@H](Cc1nnc(-c2ccncc2)n1C1CC1)c1nc(-c2cccc(Cl)c2)no1. The van der Waals surface area contributed by atoms with Gasteiger partial charge in [0.05, 0.1) is 0 Å². The number of aromatic nitrogens is 6. The quantitative estimate of drug-likeness (QED) is 0.432. The molecule has 32 heavy (non-hydrogen) atoms. The monoisotopic (exact) mass is 451 g/mol. The first-order chi connectivity index (χ1) is 15.6. The second-order valence-corrected chi connectivity index (χ2v) is 7.89. The van der Waals surface area contributed by atoms with Gasteiger partial charge in [-0.2, -0.15) is 4.98 Å². The molecule has 0 aliphatic heterocycles. The van der Waals surface area contributed by atoms with Crippen LogP contribution in [0.2, 0.25) is 5.02 Å². The van der Waals surface area contributed by atoms with Gasteiger partial charge in [0.15, 0.2) is 5.82 Å². The number of nitrogens with one attached hydrogen (secondary N) is 1. The Bertz CT molecular complexity index is 1250. The number of carboxylic acid groups (broad SMARTS) is 1. The maximum atomic E-state index is 11.5. The Kier molecular flexibility index (Phi) is 5.28. The summed E-state index contributed by atoms with van der Waals surface area (Å²) in [6.45, 7) is 0. The van der Waals surface area contributed by atoms with Gasteiger partial charge in [-0.05, 0) is 37.1 Å². The molecule has 1 saturated carbocycles. The van der Waals surface area contributed by atoms with E-state index in [1.807, 2.05) is 12.1 Å². The summed E-state index contributed by atoms with van der Waals surface area (Å²) in [5.41, 5.74) is 1.57. The van der Waals surface area contributed by atoms with Crippen molar-refractivity contribution in [2.24, 2.45) is 0 Å². The average Bonchev–Trinajstić information content (AvgIpc) is 3.34. The summed E-state index contributed by atoms with van der Waals surface area (Å²) in [5, 5.41) is 25.1. The van der Waals surface area contributed by atoms with E-state index < -0.39 is 12.1 Å². The van der Waals surface area contributed by atoms with Crippen molar-refractivity contribution in [1.29, 1.82) is 0 Å². The van der Waals surface area contributed by atoms with E-state index in [0.29, 0.717) is 22.2 Å². The van der Waals surface area contributed by atoms with Crippen LogP contribution >= 0.6 is 11.6 Å². The molecule has 1 atom stereocenters. The van der Waals surface area contributed by atoms with Crippen molar-refractivity contribution in [3.63, 3.8) is 0 Å². The van der Waals surface area contributed by atoms with Gasteiger partial charge in [-0.15, -0.1) is 10.2 Å². The Morgan fingerprint density at radius 1 is 1.22 bits per heavy atom. The smallest absolute Gasteiger partial charge is 0.405 e. The van der Waals surface area contributed by atoms with E-state index in [2.05, 4.69) is 35.2 Å². The summed E-state index contributed by atoms with van der Waals surface area (Å²) in [5.74, 6) is 1.82. The van der Waals surface area contributed by atoms with Gasteiger partial charge in [0.25, 0.3) is 0 Å². The van der Waals surface area contributed by atoms with E-state index in [4.69, 9.17) is 16.1 Å². The highest BCUT2D eigenvalue weighted by molar-refractivity contribution is 6.30. The van der Waals surface area contributed by atoms with Crippen molar-refractivity contribution in [2.45, 2.75) is 31.3 Å². The van der Waals surface area contributed by atoms with E-state index in [1.165, 1.54) is 0 Å². The van der Waals surface area contributed by atoms with Crippen LogP contribution in [0, 0.1) is 0 Å². The maximum Gasteiger partial charge on any atom is 0.405 e. The second kappa shape index (κ2) is 8.39. The zero-order chi connectivity index (χ0) is 22.1. The Labute approximate surface area is 187 Å². The lowest BCUT2D eigenvalue weighted by atomic mass is 10.1. The number of carbonyl (C=O) groups is 1. The van der Waals surface area contributed by atoms with Gasteiger partial charge in [-0.1, -0.05) is 28.9 Å². The van der Waals surface area contributed by atoms with E-state index in [9.17, 15) is 9.90 Å². The van der Waals surface area contributed by atoms with Crippen molar-refractivity contribution in [3.05, 3.63) is 65.5 Å². The number of rotatable bonds is 7. The molecule has 11 heteroatoms. The second-order valence-electron chi connectivity index (χ2n) is 7.45. The first-order valence-electron chi connectivity index (χ1n) is 10.0. The highest BCUT2D eigenvalue weighted by Crippen LogP contribution is 2.39. The van der Waals surface area contributed by atoms with Gasteiger partial charge in [0.2, 0.25) is 11.7 Å². The molecule has 0 radical (unpaired) electrons. The predicted molar refractivity (Wildman–Crippen MR) is 114 cm³/mol. The summed E-state index contributed by atoms with van der Waals surface area (Å²) >= 11 is 6.05. The lowest BCUT2D eigenvalue weighted by Gasteiger charge is -2.14. The predicted octanol–water partition coefficient (Wildman–Crippen LogP) is 3.93. The van der Waals surface area contributed by atoms with Crippen molar-refractivity contribution in [2.75, 3.05) is 0 Å². The standard InChI is InChI=1S/C21H18ClN7O3/c22-14-3-1-2-13(10-14)18-25-20(32-28-18)16(24-21(30)31)11-17-26-27-19(29(17)15-4-5-15)12-6-8-23-9-7-12/h1-3,6-10,15-16,24H,4-5,11H2,(H,30,31)/t16-/m0/s1. The van der Waals surface area contributed by atoms with Gasteiger partial charge < -0.3 is 19.5 Å². The van der Waals surface area contributed by atoms with Crippen LogP contribution in [-0.4, -0.2) is 41.1 Å². The Morgan fingerprint density at radius 2 is 2.03 bits per heavy atom. The Hall–Kier alpha value is -3.79. The summed E-state index contributed by atoms with van der Waals surface area (Å²) < 4.78 is 7.46. The van der Waals surface area contributed by atoms with Gasteiger partial charge in [-0.3, -0.25) is 4.98 Å². The van der Waals surface area contributed by atoms with Crippen molar-refractivity contribution >= 4 is 17.7 Å². The van der Waals surface area contributed by atoms with Crippen LogP contribution in [0.5, 0.6) is 0 Å². The molecule has 0 bridgehead atoms. The van der Waals surface area contributed by atoms with Crippen molar-refractivity contribution < 1.29 is 14.4 Å². The molecule has 4 aromatic rings. The number of nitrogens with zero attached hydrogens (tertiary/aromatic N) is 6. The minimum Gasteiger partial charge on any atom is -0.465 e. The number of hydrogen-bond acceptors (Lipinski definition) is 7. The van der Waals surface area contributed by atoms with Crippen molar-refractivity contribution in [1.82, 2.24) is 35.2 Å². The fraction of sp³-hybridized carbons (Fsp3) is 0.238. The van der Waals surface area contributed by atoms with Crippen LogP contribution in [0.4, 0.5) is 4.79 Å².